The maximum atomic E-state index is 16.2. The Morgan fingerprint density at radius 2 is 2.22 bits per heavy atom. The molecule has 0 saturated carbocycles. The van der Waals surface area contributed by atoms with Crippen molar-refractivity contribution in [3.05, 3.63) is 58.4 Å². The Balaban J connectivity index is 1.92. The fourth-order valence-corrected chi connectivity index (χ4v) is 2.45. The van der Waals surface area contributed by atoms with Gasteiger partial charge in [0.2, 0.25) is 0 Å². The monoisotopic (exact) mass is 404 g/mol. The lowest BCUT2D eigenvalue weighted by Crippen LogP contribution is -2.44. The minimum Gasteiger partial charge on any atom is -0.338 e. The minimum atomic E-state index is -3.59. The quantitative estimate of drug-likeness (QED) is 0.734. The molecule has 1 saturated heterocycles. The van der Waals surface area contributed by atoms with Crippen LogP contribution in [-0.4, -0.2) is 39.4 Å². The number of alkyl halides is 1. The molecule has 1 fully saturated rings. The summed E-state index contributed by atoms with van der Waals surface area (Å²) in [5.41, 5.74) is -4.04. The topological polar surface area (TPSA) is 46.1 Å². The second kappa shape index (κ2) is 8.30. The molecule has 1 unspecified atom stereocenters. The van der Waals surface area contributed by atoms with Crippen LogP contribution in [0.4, 0.5) is 8.78 Å². The number of likely N-dealkylation sites (tertiary alicyclic amines) is 1. The molecule has 0 N–H and O–H groups in total. The zero-order valence-electron chi connectivity index (χ0n) is 24.9. The summed E-state index contributed by atoms with van der Waals surface area (Å²) in [4.78, 5) is 20.3. The van der Waals surface area contributed by atoms with Crippen LogP contribution in [0.25, 0.3) is 0 Å². The second-order valence-corrected chi connectivity index (χ2v) is 6.19. The Kier molecular flexibility index (Phi) is 3.05. The molecule has 1 aliphatic heterocycles. The SMILES string of the molecule is [2H]C([2H])([2H])c1cnc(C([2H])([2H])CCC2(F)CC([2H])([2H])N(C(=O)c3ccc(F)c(Cl)c3)C([2H])([2H])C2([2H])[2H])nc1. The number of benzene rings is 1. The smallest absolute Gasteiger partial charge is 0.253 e. The van der Waals surface area contributed by atoms with Crippen LogP contribution in [0.1, 0.15) is 62.5 Å². The van der Waals surface area contributed by atoms with Gasteiger partial charge in [-0.15, -0.1) is 0 Å². The summed E-state index contributed by atoms with van der Waals surface area (Å²) < 4.78 is 118. The maximum Gasteiger partial charge on any atom is 0.253 e. The Bertz CT molecular complexity index is 1230. The third-order valence-electron chi connectivity index (χ3n) is 3.73. The molecule has 0 bridgehead atoms. The van der Waals surface area contributed by atoms with Gasteiger partial charge in [-0.05, 0) is 56.2 Å². The summed E-state index contributed by atoms with van der Waals surface area (Å²) >= 11 is 5.66. The summed E-state index contributed by atoms with van der Waals surface area (Å²) in [6.07, 6.45) is -7.55. The minimum absolute atomic E-state index is 0.0906. The molecule has 0 aliphatic carbocycles. The average molecular weight is 405 g/mol. The second-order valence-electron chi connectivity index (χ2n) is 5.78. The number of amides is 1. The molecule has 1 amide bonds. The fourth-order valence-electron chi connectivity index (χ4n) is 2.27. The number of rotatable bonds is 5. The van der Waals surface area contributed by atoms with Crippen molar-refractivity contribution in [2.45, 2.75) is 44.5 Å². The Hall–Kier alpha value is -2.08. The van der Waals surface area contributed by atoms with Crippen molar-refractivity contribution in [1.82, 2.24) is 14.9 Å². The van der Waals surface area contributed by atoms with Crippen LogP contribution in [0, 0.1) is 12.7 Å². The number of nitrogens with zero attached hydrogens (tertiary/aromatic N) is 3. The van der Waals surface area contributed by atoms with E-state index >= 15 is 4.39 Å². The number of halogens is 3. The molecule has 1 atom stereocenters. The molecule has 1 aromatic heterocycles. The van der Waals surface area contributed by atoms with E-state index in [4.69, 9.17) is 26.7 Å². The van der Waals surface area contributed by atoms with E-state index in [1.165, 1.54) is 0 Å². The lowest BCUT2D eigenvalue weighted by molar-refractivity contribution is 0.0389. The van der Waals surface area contributed by atoms with Crippen LogP contribution in [-0.2, 0) is 6.37 Å². The summed E-state index contributed by atoms with van der Waals surface area (Å²) in [5, 5.41) is -0.520. The van der Waals surface area contributed by atoms with E-state index in [1.807, 2.05) is 0 Å². The molecule has 4 nitrogen and oxygen atoms in total. The Labute approximate surface area is 178 Å². The molecule has 144 valence electrons. The summed E-state index contributed by atoms with van der Waals surface area (Å²) in [6, 6.07) is 2.49. The number of piperidine rings is 1. The van der Waals surface area contributed by atoms with Gasteiger partial charge in [0, 0.05) is 52.4 Å². The zero-order valence-corrected chi connectivity index (χ0v) is 14.6. The lowest BCUT2D eigenvalue weighted by Gasteiger charge is -2.36. The Morgan fingerprint density at radius 1 is 1.44 bits per heavy atom. The fraction of sp³-hybridized carbons (Fsp3) is 0.450. The number of carbonyl (C=O) groups is 1. The average Bonchev–Trinajstić information content (AvgIpc) is 2.77. The first kappa shape index (κ1) is 9.92. The van der Waals surface area contributed by atoms with Crippen molar-refractivity contribution in [1.29, 1.82) is 0 Å². The molecular formula is C20H22ClF2N3O. The zero-order chi connectivity index (χ0) is 29.1. The third-order valence-corrected chi connectivity index (χ3v) is 4.02. The molecule has 27 heavy (non-hydrogen) atoms. The van der Waals surface area contributed by atoms with Crippen molar-refractivity contribution < 1.29 is 28.7 Å². The molecule has 7 heteroatoms. The van der Waals surface area contributed by atoms with E-state index < -0.39 is 85.7 Å². The van der Waals surface area contributed by atoms with Gasteiger partial charge >= 0.3 is 0 Å². The third kappa shape index (κ3) is 5.01. The van der Waals surface area contributed by atoms with Crippen molar-refractivity contribution in [3.8, 4) is 0 Å². The van der Waals surface area contributed by atoms with E-state index in [0.717, 1.165) is 30.6 Å². The first-order valence-electron chi connectivity index (χ1n) is 13.4. The van der Waals surface area contributed by atoms with Crippen molar-refractivity contribution >= 4 is 17.5 Å². The standard InChI is InChI=1S/C20H22ClF2N3O/c1-14-12-24-18(25-13-14)3-2-6-20(23)7-9-26(10-8-20)19(27)15-4-5-17(22)16(21)11-15/h4-5,11-13H,2-3,6-10H2,1H3/i1D3,3D2,7D2,9D2,10D2. The van der Waals surface area contributed by atoms with Gasteiger partial charge in [-0.3, -0.25) is 4.79 Å². The van der Waals surface area contributed by atoms with Gasteiger partial charge in [-0.2, -0.15) is 0 Å². The highest BCUT2D eigenvalue weighted by atomic mass is 35.5. The van der Waals surface area contributed by atoms with Crippen LogP contribution < -0.4 is 0 Å². The van der Waals surface area contributed by atoms with Gasteiger partial charge in [-0.1, -0.05) is 11.6 Å². The van der Waals surface area contributed by atoms with Crippen LogP contribution in [0.5, 0.6) is 0 Å². The highest BCUT2D eigenvalue weighted by Crippen LogP contribution is 2.32. The molecular weight excluding hydrogens is 372 g/mol. The maximum absolute atomic E-state index is 16.2. The highest BCUT2D eigenvalue weighted by molar-refractivity contribution is 6.31. The Morgan fingerprint density at radius 3 is 2.93 bits per heavy atom. The summed E-state index contributed by atoms with van der Waals surface area (Å²) in [5.74, 6) is -2.83. The van der Waals surface area contributed by atoms with Crippen molar-refractivity contribution in [3.63, 3.8) is 0 Å². The van der Waals surface area contributed by atoms with Crippen molar-refractivity contribution in [2.24, 2.45) is 0 Å². The molecule has 0 radical (unpaired) electrons. The van der Waals surface area contributed by atoms with E-state index in [0.29, 0.717) is 0 Å². The van der Waals surface area contributed by atoms with Crippen LogP contribution in [0.2, 0.25) is 5.02 Å². The first-order chi connectivity index (χ1) is 17.1. The normalized spacial score (nSPS) is 32.6. The highest BCUT2D eigenvalue weighted by Gasteiger charge is 2.35. The van der Waals surface area contributed by atoms with Gasteiger partial charge in [0.25, 0.3) is 5.91 Å². The van der Waals surface area contributed by atoms with Gasteiger partial charge in [0.1, 0.15) is 17.3 Å². The molecule has 2 aromatic rings. The van der Waals surface area contributed by atoms with E-state index in [1.54, 1.807) is 0 Å². The van der Waals surface area contributed by atoms with Gasteiger partial charge < -0.3 is 4.90 Å². The number of hydrogen-bond acceptors (Lipinski definition) is 3. The first-order valence-corrected chi connectivity index (χ1v) is 8.26. The van der Waals surface area contributed by atoms with Crippen molar-refractivity contribution in [2.75, 3.05) is 13.0 Å². The van der Waals surface area contributed by atoms with E-state index in [9.17, 15) is 9.18 Å². The van der Waals surface area contributed by atoms with Gasteiger partial charge in [0.05, 0.1) is 5.02 Å². The van der Waals surface area contributed by atoms with E-state index in [-0.39, 0.29) is 10.5 Å². The summed E-state index contributed by atoms with van der Waals surface area (Å²) in [6.45, 7) is -9.25. The van der Waals surface area contributed by atoms with Gasteiger partial charge in [-0.25, -0.2) is 18.7 Å². The van der Waals surface area contributed by atoms with Crippen LogP contribution in [0.3, 0.4) is 0 Å². The molecule has 1 aromatic carbocycles. The number of hydrogen-bond donors (Lipinski definition) is 0. The lowest BCUT2D eigenvalue weighted by atomic mass is 9.88. The number of aromatic nitrogens is 2. The summed E-state index contributed by atoms with van der Waals surface area (Å²) in [7, 11) is 0. The van der Waals surface area contributed by atoms with E-state index in [2.05, 4.69) is 9.97 Å². The number of carbonyl (C=O) groups excluding carboxylic acids is 1. The molecule has 2 heterocycles. The van der Waals surface area contributed by atoms with Gasteiger partial charge in [0.15, 0.2) is 0 Å². The molecule has 3 rings (SSSR count). The predicted octanol–water partition coefficient (Wildman–Crippen LogP) is 4.54. The largest absolute Gasteiger partial charge is 0.338 e. The van der Waals surface area contributed by atoms with Crippen LogP contribution in [0.15, 0.2) is 30.6 Å². The molecule has 0 spiro atoms. The molecule has 1 aliphatic rings. The number of aryl methyl sites for hydroxylation is 2. The van der Waals surface area contributed by atoms with Crippen LogP contribution >= 0.6 is 11.6 Å². The predicted molar refractivity (Wildman–Crippen MR) is 100 cm³/mol.